The van der Waals surface area contributed by atoms with Gasteiger partial charge in [0, 0.05) is 6.07 Å². The van der Waals surface area contributed by atoms with Gasteiger partial charge in [-0.1, -0.05) is 12.1 Å². The predicted molar refractivity (Wildman–Crippen MR) is 104 cm³/mol. The molecule has 0 amide bonds. The van der Waals surface area contributed by atoms with E-state index in [0.29, 0.717) is 11.5 Å². The number of ether oxygens (including phenoxy) is 4. The first-order valence-corrected chi connectivity index (χ1v) is 8.55. The van der Waals surface area contributed by atoms with Gasteiger partial charge in [0.1, 0.15) is 17.2 Å². The Labute approximate surface area is 167 Å². The highest BCUT2D eigenvalue weighted by molar-refractivity contribution is 5.92. The molecule has 3 aromatic carbocycles. The van der Waals surface area contributed by atoms with Crippen LogP contribution in [-0.4, -0.2) is 31.3 Å². The van der Waals surface area contributed by atoms with Gasteiger partial charge in [0.15, 0.2) is 11.5 Å². The summed E-state index contributed by atoms with van der Waals surface area (Å²) in [5, 5.41) is 9.99. The third-order valence-corrected chi connectivity index (χ3v) is 3.96. The van der Waals surface area contributed by atoms with Crippen molar-refractivity contribution in [1.29, 1.82) is 0 Å². The molecule has 0 saturated heterocycles. The molecule has 0 heterocycles. The summed E-state index contributed by atoms with van der Waals surface area (Å²) >= 11 is 0. The molecule has 0 aliphatic rings. The Morgan fingerprint density at radius 1 is 0.690 bits per heavy atom. The molecular weight excluding hydrogens is 376 g/mol. The maximum Gasteiger partial charge on any atom is 0.343 e. The molecule has 29 heavy (non-hydrogen) atoms. The van der Waals surface area contributed by atoms with Crippen LogP contribution in [0.15, 0.2) is 66.7 Å². The van der Waals surface area contributed by atoms with Crippen molar-refractivity contribution in [2.75, 3.05) is 14.2 Å². The Kier molecular flexibility index (Phi) is 5.99. The van der Waals surface area contributed by atoms with Crippen LogP contribution in [0, 0.1) is 0 Å². The van der Waals surface area contributed by atoms with E-state index in [1.807, 2.05) is 0 Å². The molecule has 3 rings (SSSR count). The minimum atomic E-state index is -0.699. The normalized spacial score (nSPS) is 10.1. The van der Waals surface area contributed by atoms with E-state index < -0.39 is 11.9 Å². The van der Waals surface area contributed by atoms with Crippen molar-refractivity contribution >= 4 is 11.9 Å². The van der Waals surface area contributed by atoms with Crippen LogP contribution in [0.25, 0.3) is 0 Å². The standard InChI is InChI=1S/C22H18O7/c1-26-16-7-3-5-14(11-16)21(24)28-18-9-10-19(23)20(13-18)29-22(25)15-6-4-8-17(12-15)27-2/h3-13,23H,1-2H3. The molecule has 0 atom stereocenters. The quantitative estimate of drug-likeness (QED) is 0.502. The highest BCUT2D eigenvalue weighted by Crippen LogP contribution is 2.31. The number of esters is 2. The zero-order valence-corrected chi connectivity index (χ0v) is 15.7. The molecular formula is C22H18O7. The van der Waals surface area contributed by atoms with Crippen molar-refractivity contribution in [2.45, 2.75) is 0 Å². The van der Waals surface area contributed by atoms with Gasteiger partial charge in [-0.2, -0.15) is 0 Å². The molecule has 7 nitrogen and oxygen atoms in total. The number of carbonyl (C=O) groups is 2. The van der Waals surface area contributed by atoms with Gasteiger partial charge in [-0.05, 0) is 48.5 Å². The second-order valence-corrected chi connectivity index (χ2v) is 5.87. The van der Waals surface area contributed by atoms with E-state index >= 15 is 0 Å². The van der Waals surface area contributed by atoms with Gasteiger partial charge in [-0.15, -0.1) is 0 Å². The molecule has 0 bridgehead atoms. The van der Waals surface area contributed by atoms with Crippen LogP contribution in [0.5, 0.6) is 28.7 Å². The maximum atomic E-state index is 12.3. The molecule has 0 spiro atoms. The van der Waals surface area contributed by atoms with E-state index in [1.165, 1.54) is 44.6 Å². The largest absolute Gasteiger partial charge is 0.504 e. The van der Waals surface area contributed by atoms with Gasteiger partial charge in [-0.3, -0.25) is 0 Å². The smallest absolute Gasteiger partial charge is 0.343 e. The van der Waals surface area contributed by atoms with E-state index in [9.17, 15) is 14.7 Å². The van der Waals surface area contributed by atoms with E-state index in [4.69, 9.17) is 18.9 Å². The molecule has 148 valence electrons. The van der Waals surface area contributed by atoms with Crippen molar-refractivity contribution < 1.29 is 33.6 Å². The Bertz CT molecular complexity index is 1040. The van der Waals surface area contributed by atoms with Crippen molar-refractivity contribution in [2.24, 2.45) is 0 Å². The van der Waals surface area contributed by atoms with Crippen LogP contribution in [-0.2, 0) is 0 Å². The van der Waals surface area contributed by atoms with Gasteiger partial charge in [0.25, 0.3) is 0 Å². The van der Waals surface area contributed by atoms with Crippen LogP contribution in [0.4, 0.5) is 0 Å². The lowest BCUT2D eigenvalue weighted by atomic mass is 10.2. The lowest BCUT2D eigenvalue weighted by molar-refractivity contribution is 0.0727. The second-order valence-electron chi connectivity index (χ2n) is 5.87. The SMILES string of the molecule is COc1cccc(C(=O)Oc2ccc(O)c(OC(=O)c3cccc(OC)c3)c2)c1. The molecule has 0 aromatic heterocycles. The molecule has 7 heteroatoms. The van der Waals surface area contributed by atoms with Gasteiger partial charge in [-0.25, -0.2) is 9.59 Å². The molecule has 0 aliphatic heterocycles. The zero-order chi connectivity index (χ0) is 20.8. The summed E-state index contributed by atoms with van der Waals surface area (Å²) in [6.45, 7) is 0. The number of rotatable bonds is 6. The maximum absolute atomic E-state index is 12.3. The summed E-state index contributed by atoms with van der Waals surface area (Å²) in [7, 11) is 2.98. The molecule has 0 fully saturated rings. The first-order chi connectivity index (χ1) is 14.0. The Morgan fingerprint density at radius 2 is 1.24 bits per heavy atom. The molecule has 0 saturated carbocycles. The number of phenolic OH excluding ortho intramolecular Hbond substituents is 1. The first-order valence-electron chi connectivity index (χ1n) is 8.55. The fraction of sp³-hybridized carbons (Fsp3) is 0.0909. The van der Waals surface area contributed by atoms with Crippen molar-refractivity contribution in [3.05, 3.63) is 77.9 Å². The van der Waals surface area contributed by atoms with E-state index in [0.717, 1.165) is 0 Å². The monoisotopic (exact) mass is 394 g/mol. The van der Waals surface area contributed by atoms with Crippen LogP contribution >= 0.6 is 0 Å². The summed E-state index contributed by atoms with van der Waals surface area (Å²) < 4.78 is 20.7. The van der Waals surface area contributed by atoms with Gasteiger partial charge < -0.3 is 24.1 Å². The second kappa shape index (κ2) is 8.79. The van der Waals surface area contributed by atoms with Crippen LogP contribution in [0.3, 0.4) is 0 Å². The third-order valence-electron chi connectivity index (χ3n) is 3.96. The fourth-order valence-corrected chi connectivity index (χ4v) is 2.46. The van der Waals surface area contributed by atoms with Gasteiger partial charge >= 0.3 is 11.9 Å². The van der Waals surface area contributed by atoms with E-state index in [-0.39, 0.29) is 28.4 Å². The summed E-state index contributed by atoms with van der Waals surface area (Å²) in [5.74, 6) is -0.641. The summed E-state index contributed by atoms with van der Waals surface area (Å²) in [4.78, 5) is 24.7. The minimum Gasteiger partial charge on any atom is -0.504 e. The van der Waals surface area contributed by atoms with Crippen LogP contribution in [0.2, 0.25) is 0 Å². The number of benzene rings is 3. The molecule has 1 N–H and O–H groups in total. The number of hydrogen-bond acceptors (Lipinski definition) is 7. The minimum absolute atomic E-state index is 0.101. The Hall–Kier alpha value is -4.00. The average molecular weight is 394 g/mol. The summed E-state index contributed by atoms with van der Waals surface area (Å²) in [6.07, 6.45) is 0. The number of aromatic hydroxyl groups is 1. The van der Waals surface area contributed by atoms with Crippen molar-refractivity contribution in [1.82, 2.24) is 0 Å². The molecule has 0 aliphatic carbocycles. The van der Waals surface area contributed by atoms with E-state index in [1.54, 1.807) is 36.4 Å². The van der Waals surface area contributed by atoms with Crippen molar-refractivity contribution in [3.63, 3.8) is 0 Å². The highest BCUT2D eigenvalue weighted by Gasteiger charge is 2.15. The number of hydrogen-bond donors (Lipinski definition) is 1. The van der Waals surface area contributed by atoms with Gasteiger partial charge in [0.2, 0.25) is 0 Å². The predicted octanol–water partition coefficient (Wildman–Crippen LogP) is 3.85. The van der Waals surface area contributed by atoms with Crippen LogP contribution in [0.1, 0.15) is 20.7 Å². The van der Waals surface area contributed by atoms with Gasteiger partial charge in [0.05, 0.1) is 25.3 Å². The number of methoxy groups -OCH3 is 2. The van der Waals surface area contributed by atoms with Crippen molar-refractivity contribution in [3.8, 4) is 28.7 Å². The highest BCUT2D eigenvalue weighted by atomic mass is 16.6. The summed E-state index contributed by atoms with van der Waals surface area (Å²) in [5.41, 5.74) is 0.523. The zero-order valence-electron chi connectivity index (χ0n) is 15.7. The topological polar surface area (TPSA) is 91.3 Å². The lowest BCUT2D eigenvalue weighted by Gasteiger charge is -2.10. The average Bonchev–Trinajstić information content (AvgIpc) is 2.76. The first kappa shape index (κ1) is 19.8. The van der Waals surface area contributed by atoms with Crippen LogP contribution < -0.4 is 18.9 Å². The Morgan fingerprint density at radius 3 is 1.79 bits per heavy atom. The fourth-order valence-electron chi connectivity index (χ4n) is 2.46. The Balaban J connectivity index is 1.77. The molecule has 0 unspecified atom stereocenters. The third kappa shape index (κ3) is 4.84. The number of carbonyl (C=O) groups excluding carboxylic acids is 2. The molecule has 3 aromatic rings. The lowest BCUT2D eigenvalue weighted by Crippen LogP contribution is -2.10. The number of phenols is 1. The van der Waals surface area contributed by atoms with E-state index in [2.05, 4.69) is 0 Å². The summed E-state index contributed by atoms with van der Waals surface area (Å²) in [6, 6.07) is 16.8. The molecule has 0 radical (unpaired) electrons.